The molecule has 0 aromatic rings. The molecule has 0 heterocycles. The molecule has 1 amide bonds. The summed E-state index contributed by atoms with van der Waals surface area (Å²) in [6.45, 7) is 8.08. The minimum absolute atomic E-state index is 0.358. The standard InChI is InChI=1S/C11H15NO2/c1-3-6-11(4-2)9-12(10-14)7-5-8-13/h3-4,6,8,10H,1-2,5,7,9H2/b11-6+. The van der Waals surface area contributed by atoms with Gasteiger partial charge in [-0.15, -0.1) is 0 Å². The van der Waals surface area contributed by atoms with Gasteiger partial charge in [0.15, 0.2) is 0 Å². The first kappa shape index (κ1) is 12.4. The number of hydrogen-bond acceptors (Lipinski definition) is 2. The highest BCUT2D eigenvalue weighted by Crippen LogP contribution is 1.99. The van der Waals surface area contributed by atoms with Crippen LogP contribution >= 0.6 is 0 Å². The van der Waals surface area contributed by atoms with Crippen LogP contribution in [0.3, 0.4) is 0 Å². The number of nitrogens with zero attached hydrogens (tertiary/aromatic N) is 1. The number of amides is 1. The Labute approximate surface area is 84.4 Å². The van der Waals surface area contributed by atoms with Gasteiger partial charge in [-0.25, -0.2) is 0 Å². The molecule has 0 aliphatic carbocycles. The average molecular weight is 193 g/mol. The van der Waals surface area contributed by atoms with Crippen LogP contribution < -0.4 is 0 Å². The third-order valence-electron chi connectivity index (χ3n) is 1.66. The highest BCUT2D eigenvalue weighted by atomic mass is 16.1. The summed E-state index contributed by atoms with van der Waals surface area (Å²) in [7, 11) is 0. The van der Waals surface area contributed by atoms with E-state index in [1.165, 1.54) is 4.90 Å². The number of hydrogen-bond donors (Lipinski definition) is 0. The van der Waals surface area contributed by atoms with Crippen LogP contribution in [-0.2, 0) is 9.59 Å². The van der Waals surface area contributed by atoms with Crippen molar-refractivity contribution in [2.75, 3.05) is 13.1 Å². The molecule has 3 nitrogen and oxygen atoms in total. The van der Waals surface area contributed by atoms with Gasteiger partial charge in [0, 0.05) is 19.5 Å². The largest absolute Gasteiger partial charge is 0.341 e. The third-order valence-corrected chi connectivity index (χ3v) is 1.66. The van der Waals surface area contributed by atoms with Crippen LogP contribution in [0.25, 0.3) is 0 Å². The zero-order chi connectivity index (χ0) is 10.8. The van der Waals surface area contributed by atoms with Crippen molar-refractivity contribution in [3.63, 3.8) is 0 Å². The molecule has 0 saturated heterocycles. The van der Waals surface area contributed by atoms with Crippen molar-refractivity contribution < 1.29 is 9.59 Å². The summed E-state index contributed by atoms with van der Waals surface area (Å²) in [6, 6.07) is 0. The van der Waals surface area contributed by atoms with Crippen LogP contribution in [0.15, 0.2) is 37.0 Å². The molecule has 76 valence electrons. The van der Waals surface area contributed by atoms with Crippen molar-refractivity contribution in [3.05, 3.63) is 37.0 Å². The zero-order valence-electron chi connectivity index (χ0n) is 8.19. The molecule has 0 spiro atoms. The summed E-state index contributed by atoms with van der Waals surface area (Å²) in [5, 5.41) is 0. The number of carbonyl (C=O) groups is 2. The van der Waals surface area contributed by atoms with Gasteiger partial charge in [-0.3, -0.25) is 4.79 Å². The van der Waals surface area contributed by atoms with Gasteiger partial charge in [-0.05, 0) is 5.57 Å². The molecule has 0 aliphatic heterocycles. The molecule has 0 atom stereocenters. The molecule has 0 rings (SSSR count). The van der Waals surface area contributed by atoms with Gasteiger partial charge >= 0.3 is 0 Å². The fourth-order valence-electron chi connectivity index (χ4n) is 0.959. The number of carbonyl (C=O) groups excluding carboxylic acids is 2. The Balaban J connectivity index is 4.19. The Hall–Kier alpha value is -1.64. The predicted molar refractivity (Wildman–Crippen MR) is 56.8 cm³/mol. The van der Waals surface area contributed by atoms with Crippen molar-refractivity contribution >= 4 is 12.7 Å². The molecule has 0 saturated carbocycles. The first-order valence-electron chi connectivity index (χ1n) is 4.35. The highest BCUT2D eigenvalue weighted by Gasteiger charge is 2.01. The van der Waals surface area contributed by atoms with Gasteiger partial charge in [-0.2, -0.15) is 0 Å². The van der Waals surface area contributed by atoms with E-state index < -0.39 is 0 Å². The lowest BCUT2D eigenvalue weighted by atomic mass is 10.2. The van der Waals surface area contributed by atoms with Crippen LogP contribution in [-0.4, -0.2) is 30.7 Å². The summed E-state index contributed by atoms with van der Waals surface area (Å²) in [4.78, 5) is 22.2. The van der Waals surface area contributed by atoms with Crippen LogP contribution in [0.4, 0.5) is 0 Å². The van der Waals surface area contributed by atoms with E-state index in [-0.39, 0.29) is 0 Å². The van der Waals surface area contributed by atoms with Gasteiger partial charge in [0.1, 0.15) is 6.29 Å². The minimum atomic E-state index is 0.358. The maximum absolute atomic E-state index is 10.6. The molecule has 0 aromatic carbocycles. The SMILES string of the molecule is C=C/C=C(\C=C)CN(C=O)CCC=O. The molecule has 0 radical (unpaired) electrons. The van der Waals surface area contributed by atoms with Crippen LogP contribution in [0, 0.1) is 0 Å². The van der Waals surface area contributed by atoms with Crippen molar-refractivity contribution in [1.29, 1.82) is 0 Å². The van der Waals surface area contributed by atoms with Crippen LogP contribution in [0.5, 0.6) is 0 Å². The van der Waals surface area contributed by atoms with E-state index in [4.69, 9.17) is 0 Å². The number of aldehydes is 1. The highest BCUT2D eigenvalue weighted by molar-refractivity contribution is 5.53. The second kappa shape index (κ2) is 7.98. The first-order valence-corrected chi connectivity index (χ1v) is 4.35. The zero-order valence-corrected chi connectivity index (χ0v) is 8.19. The molecule has 0 unspecified atom stereocenters. The van der Waals surface area contributed by atoms with Crippen molar-refractivity contribution in [1.82, 2.24) is 4.90 Å². The van der Waals surface area contributed by atoms with E-state index in [0.717, 1.165) is 18.3 Å². The Morgan fingerprint density at radius 3 is 2.43 bits per heavy atom. The summed E-state index contributed by atoms with van der Waals surface area (Å²) < 4.78 is 0. The average Bonchev–Trinajstić information content (AvgIpc) is 2.22. The Kier molecular flexibility index (Phi) is 7.05. The van der Waals surface area contributed by atoms with Crippen LogP contribution in [0.2, 0.25) is 0 Å². The number of allylic oxidation sites excluding steroid dienone is 2. The second-order valence-corrected chi connectivity index (χ2v) is 2.71. The molecule has 0 fully saturated rings. The third kappa shape index (κ3) is 5.09. The van der Waals surface area contributed by atoms with E-state index in [9.17, 15) is 9.59 Å². The van der Waals surface area contributed by atoms with Crippen LogP contribution in [0.1, 0.15) is 6.42 Å². The number of rotatable bonds is 8. The molecule has 0 aromatic heterocycles. The summed E-state index contributed by atoms with van der Waals surface area (Å²) in [5.74, 6) is 0. The lowest BCUT2D eigenvalue weighted by Gasteiger charge is -2.15. The van der Waals surface area contributed by atoms with E-state index >= 15 is 0 Å². The van der Waals surface area contributed by atoms with Gasteiger partial charge in [0.2, 0.25) is 6.41 Å². The minimum Gasteiger partial charge on any atom is -0.341 e. The van der Waals surface area contributed by atoms with Gasteiger partial charge in [-0.1, -0.05) is 31.4 Å². The lowest BCUT2D eigenvalue weighted by Crippen LogP contribution is -2.25. The molecule has 0 bridgehead atoms. The monoisotopic (exact) mass is 193 g/mol. The maximum atomic E-state index is 10.6. The molecule has 0 aliphatic rings. The van der Waals surface area contributed by atoms with Gasteiger partial charge < -0.3 is 9.69 Å². The van der Waals surface area contributed by atoms with Crippen molar-refractivity contribution in [3.8, 4) is 0 Å². The molecular formula is C11H15NO2. The van der Waals surface area contributed by atoms with E-state index in [1.807, 2.05) is 0 Å². The van der Waals surface area contributed by atoms with E-state index in [2.05, 4.69) is 13.2 Å². The maximum Gasteiger partial charge on any atom is 0.210 e. The van der Waals surface area contributed by atoms with Crippen molar-refractivity contribution in [2.45, 2.75) is 6.42 Å². The molecular weight excluding hydrogens is 178 g/mol. The Bertz CT molecular complexity index is 244. The summed E-state index contributed by atoms with van der Waals surface area (Å²) in [6.07, 6.45) is 6.96. The first-order chi connectivity index (χ1) is 6.78. The fraction of sp³-hybridized carbons (Fsp3) is 0.273. The molecule has 0 N–H and O–H groups in total. The van der Waals surface area contributed by atoms with E-state index in [0.29, 0.717) is 19.5 Å². The quantitative estimate of drug-likeness (QED) is 0.431. The summed E-state index contributed by atoms with van der Waals surface area (Å²) >= 11 is 0. The van der Waals surface area contributed by atoms with Crippen molar-refractivity contribution in [2.24, 2.45) is 0 Å². The normalized spacial score (nSPS) is 10.4. The van der Waals surface area contributed by atoms with E-state index in [1.54, 1.807) is 18.2 Å². The topological polar surface area (TPSA) is 37.4 Å². The van der Waals surface area contributed by atoms with Gasteiger partial charge in [0.05, 0.1) is 0 Å². The fourth-order valence-corrected chi connectivity index (χ4v) is 0.959. The second-order valence-electron chi connectivity index (χ2n) is 2.71. The molecule has 3 heteroatoms. The Morgan fingerprint density at radius 1 is 1.29 bits per heavy atom. The van der Waals surface area contributed by atoms with Gasteiger partial charge in [0.25, 0.3) is 0 Å². The molecule has 14 heavy (non-hydrogen) atoms. The predicted octanol–water partition coefficient (Wildman–Crippen LogP) is 1.33. The smallest absolute Gasteiger partial charge is 0.210 e. The lowest BCUT2D eigenvalue weighted by molar-refractivity contribution is -0.118. The summed E-state index contributed by atoms with van der Waals surface area (Å²) in [5.41, 5.74) is 0.901. The Morgan fingerprint density at radius 2 is 2.00 bits per heavy atom.